The van der Waals surface area contributed by atoms with Gasteiger partial charge in [-0.05, 0) is 41.2 Å². The van der Waals surface area contributed by atoms with E-state index in [0.29, 0.717) is 24.4 Å². The molecule has 1 amide bonds. The van der Waals surface area contributed by atoms with Gasteiger partial charge in [-0.25, -0.2) is 0 Å². The van der Waals surface area contributed by atoms with Gasteiger partial charge < -0.3 is 20.3 Å². The molecule has 5 nitrogen and oxygen atoms in total. The highest BCUT2D eigenvalue weighted by atomic mass is 79.9. The minimum Gasteiger partial charge on any atom is -0.497 e. The Balaban J connectivity index is 2.26. The monoisotopic (exact) mass is 341 g/mol. The van der Waals surface area contributed by atoms with E-state index in [0.717, 1.165) is 17.6 Å². The van der Waals surface area contributed by atoms with E-state index in [1.807, 2.05) is 24.1 Å². The van der Waals surface area contributed by atoms with Crippen LogP contribution in [0.2, 0.25) is 0 Å². The molecule has 0 aromatic heterocycles. The first-order valence-corrected chi connectivity index (χ1v) is 7.39. The van der Waals surface area contributed by atoms with Crippen LogP contribution in [0.15, 0.2) is 22.7 Å². The van der Waals surface area contributed by atoms with Gasteiger partial charge in [-0.2, -0.15) is 0 Å². The average molecular weight is 342 g/mol. The molecule has 6 heteroatoms. The van der Waals surface area contributed by atoms with Crippen molar-refractivity contribution in [1.82, 2.24) is 9.80 Å². The number of rotatable bonds is 3. The lowest BCUT2D eigenvalue weighted by atomic mass is 10.1. The maximum atomic E-state index is 12.7. The average Bonchev–Trinajstić information content (AvgIpc) is 2.47. The molecule has 2 N–H and O–H groups in total. The maximum absolute atomic E-state index is 12.7. The van der Waals surface area contributed by atoms with Crippen LogP contribution in [0.3, 0.4) is 0 Å². The first-order chi connectivity index (χ1) is 9.56. The molecular formula is C14H20BrN3O2. The number of hydrogen-bond acceptors (Lipinski definition) is 4. The first-order valence-electron chi connectivity index (χ1n) is 6.60. The van der Waals surface area contributed by atoms with Crippen molar-refractivity contribution in [3.05, 3.63) is 28.2 Å². The number of likely N-dealkylation sites (N-methyl/N-ethyl adjacent to an activating group) is 1. The molecule has 1 aromatic rings. The van der Waals surface area contributed by atoms with Crippen LogP contribution in [0.1, 0.15) is 10.4 Å². The number of piperazine rings is 1. The molecule has 2 rings (SSSR count). The molecule has 20 heavy (non-hydrogen) atoms. The molecule has 0 aliphatic carbocycles. The summed E-state index contributed by atoms with van der Waals surface area (Å²) in [6.45, 7) is 2.84. The van der Waals surface area contributed by atoms with Crippen molar-refractivity contribution < 1.29 is 9.53 Å². The zero-order valence-electron chi connectivity index (χ0n) is 11.8. The molecule has 1 fully saturated rings. The number of ether oxygens (including phenoxy) is 1. The Morgan fingerprint density at radius 2 is 2.25 bits per heavy atom. The van der Waals surface area contributed by atoms with Gasteiger partial charge in [-0.1, -0.05) is 0 Å². The molecule has 1 heterocycles. The number of carbonyl (C=O) groups excluding carboxylic acids is 1. The largest absolute Gasteiger partial charge is 0.497 e. The van der Waals surface area contributed by atoms with Crippen LogP contribution in [-0.4, -0.2) is 62.1 Å². The van der Waals surface area contributed by atoms with Gasteiger partial charge in [0.1, 0.15) is 5.75 Å². The number of amides is 1. The van der Waals surface area contributed by atoms with E-state index in [4.69, 9.17) is 10.5 Å². The second kappa shape index (κ2) is 6.56. The van der Waals surface area contributed by atoms with E-state index in [9.17, 15) is 4.79 Å². The zero-order valence-corrected chi connectivity index (χ0v) is 13.4. The van der Waals surface area contributed by atoms with Gasteiger partial charge in [0.15, 0.2) is 0 Å². The number of hydrogen-bond donors (Lipinski definition) is 1. The lowest BCUT2D eigenvalue weighted by molar-refractivity contribution is 0.0515. The summed E-state index contributed by atoms with van der Waals surface area (Å²) < 4.78 is 5.97. The summed E-state index contributed by atoms with van der Waals surface area (Å²) in [4.78, 5) is 16.8. The normalized spacial score (nSPS) is 20.0. The minimum absolute atomic E-state index is 0.000625. The maximum Gasteiger partial charge on any atom is 0.255 e. The van der Waals surface area contributed by atoms with Crippen LogP contribution >= 0.6 is 15.9 Å². The van der Waals surface area contributed by atoms with Crippen molar-refractivity contribution in [2.45, 2.75) is 6.04 Å². The fraction of sp³-hybridized carbons (Fsp3) is 0.500. The summed E-state index contributed by atoms with van der Waals surface area (Å²) in [6.07, 6.45) is 0. The zero-order chi connectivity index (χ0) is 14.7. The summed E-state index contributed by atoms with van der Waals surface area (Å²) in [6, 6.07) is 5.47. The Kier molecular flexibility index (Phi) is 5.01. The van der Waals surface area contributed by atoms with Crippen molar-refractivity contribution in [2.75, 3.05) is 40.3 Å². The van der Waals surface area contributed by atoms with Crippen molar-refractivity contribution in [3.8, 4) is 5.75 Å². The Hall–Kier alpha value is -1.11. The van der Waals surface area contributed by atoms with Crippen molar-refractivity contribution in [2.24, 2.45) is 5.73 Å². The molecule has 0 saturated carbocycles. The summed E-state index contributed by atoms with van der Waals surface area (Å²) in [5.74, 6) is 0.675. The predicted octanol–water partition coefficient (Wildman–Crippen LogP) is 1.17. The standard InChI is InChI=1S/C14H20BrN3O2/c1-17-5-6-18(10(8-16)9-17)14(19)12-7-11(20-2)3-4-13(12)15/h3-4,7,10H,5-6,8-9,16H2,1-2H3. The summed E-state index contributed by atoms with van der Waals surface area (Å²) in [5.41, 5.74) is 6.43. The van der Waals surface area contributed by atoms with Crippen molar-refractivity contribution in [1.29, 1.82) is 0 Å². The number of nitrogens with two attached hydrogens (primary N) is 1. The van der Waals surface area contributed by atoms with Gasteiger partial charge in [-0.3, -0.25) is 4.79 Å². The smallest absolute Gasteiger partial charge is 0.255 e. The third-order valence-corrected chi connectivity index (χ3v) is 4.31. The molecule has 0 bridgehead atoms. The Morgan fingerprint density at radius 3 is 2.90 bits per heavy atom. The first kappa shape index (κ1) is 15.3. The van der Waals surface area contributed by atoms with E-state index in [1.54, 1.807) is 13.2 Å². The van der Waals surface area contributed by atoms with Crippen molar-refractivity contribution in [3.63, 3.8) is 0 Å². The molecule has 110 valence electrons. The van der Waals surface area contributed by atoms with Crippen LogP contribution in [0.25, 0.3) is 0 Å². The molecule has 1 atom stereocenters. The second-order valence-electron chi connectivity index (χ2n) is 5.00. The lowest BCUT2D eigenvalue weighted by Crippen LogP contribution is -2.56. The number of benzene rings is 1. The molecule has 1 aliphatic heterocycles. The van der Waals surface area contributed by atoms with Crippen molar-refractivity contribution >= 4 is 21.8 Å². The fourth-order valence-corrected chi connectivity index (χ4v) is 2.85. The quantitative estimate of drug-likeness (QED) is 0.896. The number of methoxy groups -OCH3 is 1. The number of carbonyl (C=O) groups is 1. The van der Waals surface area contributed by atoms with Crippen LogP contribution in [0, 0.1) is 0 Å². The minimum atomic E-state index is -0.000625. The third kappa shape index (κ3) is 3.13. The number of nitrogens with zero attached hydrogens (tertiary/aromatic N) is 2. The van der Waals surface area contributed by atoms with E-state index in [-0.39, 0.29) is 11.9 Å². The van der Waals surface area contributed by atoms with Crippen LogP contribution in [-0.2, 0) is 0 Å². The summed E-state index contributed by atoms with van der Waals surface area (Å²) in [7, 11) is 3.64. The fourth-order valence-electron chi connectivity index (χ4n) is 2.43. The molecule has 1 unspecified atom stereocenters. The molecule has 1 aliphatic rings. The Morgan fingerprint density at radius 1 is 1.50 bits per heavy atom. The van der Waals surface area contributed by atoms with Gasteiger partial charge in [0.2, 0.25) is 0 Å². The van der Waals surface area contributed by atoms with Crippen LogP contribution < -0.4 is 10.5 Å². The summed E-state index contributed by atoms with van der Waals surface area (Å²) in [5, 5.41) is 0. The second-order valence-corrected chi connectivity index (χ2v) is 5.85. The Bertz CT molecular complexity index is 495. The molecule has 1 aromatic carbocycles. The van der Waals surface area contributed by atoms with Gasteiger partial charge in [0.05, 0.1) is 18.7 Å². The van der Waals surface area contributed by atoms with E-state index in [1.165, 1.54) is 0 Å². The van der Waals surface area contributed by atoms with E-state index >= 15 is 0 Å². The Labute approximate surface area is 127 Å². The molecule has 0 radical (unpaired) electrons. The SMILES string of the molecule is COc1ccc(Br)c(C(=O)N2CCN(C)CC2CN)c1. The highest BCUT2D eigenvalue weighted by Crippen LogP contribution is 2.25. The molecular weight excluding hydrogens is 322 g/mol. The highest BCUT2D eigenvalue weighted by molar-refractivity contribution is 9.10. The van der Waals surface area contributed by atoms with Gasteiger partial charge in [0, 0.05) is 30.7 Å². The third-order valence-electron chi connectivity index (χ3n) is 3.62. The van der Waals surface area contributed by atoms with Gasteiger partial charge in [0.25, 0.3) is 5.91 Å². The van der Waals surface area contributed by atoms with Gasteiger partial charge in [-0.15, -0.1) is 0 Å². The molecule has 1 saturated heterocycles. The van der Waals surface area contributed by atoms with E-state index < -0.39 is 0 Å². The van der Waals surface area contributed by atoms with Gasteiger partial charge >= 0.3 is 0 Å². The van der Waals surface area contributed by atoms with Crippen LogP contribution in [0.4, 0.5) is 0 Å². The summed E-state index contributed by atoms with van der Waals surface area (Å²) >= 11 is 3.44. The van der Waals surface area contributed by atoms with Crippen LogP contribution in [0.5, 0.6) is 5.75 Å². The number of halogens is 1. The molecule has 0 spiro atoms. The highest BCUT2D eigenvalue weighted by Gasteiger charge is 2.29. The predicted molar refractivity (Wildman–Crippen MR) is 82.1 cm³/mol. The topological polar surface area (TPSA) is 58.8 Å². The van der Waals surface area contributed by atoms with E-state index in [2.05, 4.69) is 20.8 Å². The lowest BCUT2D eigenvalue weighted by Gasteiger charge is -2.39.